The Hall–Kier alpha value is -2.62. The third-order valence-electron chi connectivity index (χ3n) is 4.48. The summed E-state index contributed by atoms with van der Waals surface area (Å²) >= 11 is 0. The van der Waals surface area contributed by atoms with Crippen LogP contribution in [0.4, 0.5) is 5.69 Å². The standard InChI is InChI=1S/C22H28N2O2/c1-6-7-11-24(5)22(26)19-10-8-9-18(14-19)21(25)23-20-16(3)12-15(2)13-17(20)4/h8-10,12-14H,6-7,11H2,1-5H3,(H,23,25). The second-order valence-electron chi connectivity index (χ2n) is 6.89. The molecule has 0 aliphatic rings. The highest BCUT2D eigenvalue weighted by Crippen LogP contribution is 2.23. The van der Waals surface area contributed by atoms with Crippen molar-refractivity contribution in [1.29, 1.82) is 0 Å². The number of rotatable bonds is 6. The highest BCUT2D eigenvalue weighted by atomic mass is 16.2. The Morgan fingerprint density at radius 3 is 2.23 bits per heavy atom. The molecule has 4 nitrogen and oxygen atoms in total. The molecule has 0 fully saturated rings. The van der Waals surface area contributed by atoms with Crippen LogP contribution in [0.3, 0.4) is 0 Å². The summed E-state index contributed by atoms with van der Waals surface area (Å²) in [5.41, 5.74) is 5.08. The van der Waals surface area contributed by atoms with Gasteiger partial charge in [0.2, 0.25) is 0 Å². The van der Waals surface area contributed by atoms with Crippen LogP contribution in [0.5, 0.6) is 0 Å². The van der Waals surface area contributed by atoms with Crippen molar-refractivity contribution in [2.75, 3.05) is 18.9 Å². The zero-order chi connectivity index (χ0) is 19.3. The summed E-state index contributed by atoms with van der Waals surface area (Å²) in [4.78, 5) is 26.9. The first kappa shape index (κ1) is 19.7. The van der Waals surface area contributed by atoms with E-state index in [0.717, 1.165) is 29.7 Å². The van der Waals surface area contributed by atoms with E-state index in [2.05, 4.69) is 12.2 Å². The number of carbonyl (C=O) groups is 2. The van der Waals surface area contributed by atoms with E-state index in [4.69, 9.17) is 0 Å². The molecule has 0 aliphatic carbocycles. The lowest BCUT2D eigenvalue weighted by atomic mass is 10.0. The molecule has 138 valence electrons. The highest BCUT2D eigenvalue weighted by Gasteiger charge is 2.15. The molecule has 2 rings (SSSR count). The fourth-order valence-corrected chi connectivity index (χ4v) is 3.07. The maximum atomic E-state index is 12.7. The zero-order valence-corrected chi connectivity index (χ0v) is 16.3. The molecular weight excluding hydrogens is 324 g/mol. The molecule has 0 radical (unpaired) electrons. The maximum Gasteiger partial charge on any atom is 0.255 e. The Morgan fingerprint density at radius 1 is 1.00 bits per heavy atom. The monoisotopic (exact) mass is 352 g/mol. The maximum absolute atomic E-state index is 12.7. The van der Waals surface area contributed by atoms with Gasteiger partial charge in [-0.3, -0.25) is 9.59 Å². The first-order valence-electron chi connectivity index (χ1n) is 9.08. The molecule has 2 amide bonds. The second kappa shape index (κ2) is 8.65. The molecule has 0 unspecified atom stereocenters. The van der Waals surface area contributed by atoms with Crippen LogP contribution in [-0.4, -0.2) is 30.3 Å². The topological polar surface area (TPSA) is 49.4 Å². The van der Waals surface area contributed by atoms with Gasteiger partial charge in [-0.1, -0.05) is 37.1 Å². The summed E-state index contributed by atoms with van der Waals surface area (Å²) in [5.74, 6) is -0.262. The fourth-order valence-electron chi connectivity index (χ4n) is 3.07. The Morgan fingerprint density at radius 2 is 1.62 bits per heavy atom. The van der Waals surface area contributed by atoms with Gasteiger partial charge in [0.25, 0.3) is 11.8 Å². The molecular formula is C22H28N2O2. The lowest BCUT2D eigenvalue weighted by Gasteiger charge is -2.17. The third kappa shape index (κ3) is 4.72. The summed E-state index contributed by atoms with van der Waals surface area (Å²) in [6.07, 6.45) is 2.00. The largest absolute Gasteiger partial charge is 0.342 e. The van der Waals surface area contributed by atoms with Crippen LogP contribution < -0.4 is 5.32 Å². The smallest absolute Gasteiger partial charge is 0.255 e. The van der Waals surface area contributed by atoms with Crippen molar-refractivity contribution in [3.8, 4) is 0 Å². The molecule has 0 heterocycles. The van der Waals surface area contributed by atoms with Crippen LogP contribution in [0.1, 0.15) is 57.2 Å². The first-order chi connectivity index (χ1) is 12.3. The lowest BCUT2D eigenvalue weighted by molar-refractivity contribution is 0.0793. The van der Waals surface area contributed by atoms with Crippen molar-refractivity contribution >= 4 is 17.5 Å². The Balaban J connectivity index is 2.19. The van der Waals surface area contributed by atoms with Crippen molar-refractivity contribution in [1.82, 2.24) is 4.90 Å². The van der Waals surface area contributed by atoms with Crippen LogP contribution in [-0.2, 0) is 0 Å². The molecule has 2 aromatic rings. The SMILES string of the molecule is CCCCN(C)C(=O)c1cccc(C(=O)Nc2c(C)cc(C)cc2C)c1. The van der Waals surface area contributed by atoms with Gasteiger partial charge in [0.1, 0.15) is 0 Å². The third-order valence-corrected chi connectivity index (χ3v) is 4.48. The molecule has 0 atom stereocenters. The Kier molecular flexibility index (Phi) is 6.56. The van der Waals surface area contributed by atoms with Gasteiger partial charge < -0.3 is 10.2 Å². The van der Waals surface area contributed by atoms with Crippen molar-refractivity contribution < 1.29 is 9.59 Å². The number of hydrogen-bond acceptors (Lipinski definition) is 2. The molecule has 0 bridgehead atoms. The minimum absolute atomic E-state index is 0.0594. The zero-order valence-electron chi connectivity index (χ0n) is 16.3. The quantitative estimate of drug-likeness (QED) is 0.816. The minimum Gasteiger partial charge on any atom is -0.342 e. The van der Waals surface area contributed by atoms with Crippen molar-refractivity contribution in [2.24, 2.45) is 0 Å². The first-order valence-corrected chi connectivity index (χ1v) is 9.08. The van der Waals surface area contributed by atoms with Crippen molar-refractivity contribution in [2.45, 2.75) is 40.5 Å². The summed E-state index contributed by atoms with van der Waals surface area (Å²) in [6, 6.07) is 11.0. The number of carbonyl (C=O) groups excluding carboxylic acids is 2. The van der Waals surface area contributed by atoms with E-state index < -0.39 is 0 Å². The average Bonchev–Trinajstić information content (AvgIpc) is 2.61. The van der Waals surface area contributed by atoms with E-state index in [1.807, 2.05) is 32.9 Å². The molecule has 0 aliphatic heterocycles. The van der Waals surface area contributed by atoms with Gasteiger partial charge in [0.05, 0.1) is 0 Å². The Bertz CT molecular complexity index is 789. The van der Waals surface area contributed by atoms with Crippen LogP contribution in [0.2, 0.25) is 0 Å². The molecule has 1 N–H and O–H groups in total. The molecule has 26 heavy (non-hydrogen) atoms. The number of unbranched alkanes of at least 4 members (excludes halogenated alkanes) is 1. The van der Waals surface area contributed by atoms with Gasteiger partial charge in [-0.2, -0.15) is 0 Å². The van der Waals surface area contributed by atoms with E-state index in [9.17, 15) is 9.59 Å². The van der Waals surface area contributed by atoms with E-state index in [0.29, 0.717) is 17.7 Å². The summed E-state index contributed by atoms with van der Waals surface area (Å²) in [7, 11) is 1.80. The molecule has 0 spiro atoms. The van der Waals surface area contributed by atoms with Gasteiger partial charge in [-0.05, 0) is 56.5 Å². The number of nitrogens with one attached hydrogen (secondary N) is 1. The number of amides is 2. The van der Waals surface area contributed by atoms with Crippen LogP contribution in [0, 0.1) is 20.8 Å². The minimum atomic E-state index is -0.203. The van der Waals surface area contributed by atoms with Gasteiger partial charge in [0.15, 0.2) is 0 Å². The van der Waals surface area contributed by atoms with Gasteiger partial charge in [-0.15, -0.1) is 0 Å². The number of hydrogen-bond donors (Lipinski definition) is 1. The molecule has 0 saturated heterocycles. The van der Waals surface area contributed by atoms with E-state index >= 15 is 0 Å². The molecule has 2 aromatic carbocycles. The predicted molar refractivity (Wildman–Crippen MR) is 107 cm³/mol. The second-order valence-corrected chi connectivity index (χ2v) is 6.89. The summed E-state index contributed by atoms with van der Waals surface area (Å²) in [5, 5.41) is 2.99. The van der Waals surface area contributed by atoms with Crippen molar-refractivity contribution in [3.05, 3.63) is 64.2 Å². The van der Waals surface area contributed by atoms with E-state index in [1.54, 1.807) is 36.2 Å². The van der Waals surface area contributed by atoms with E-state index in [-0.39, 0.29) is 11.8 Å². The lowest BCUT2D eigenvalue weighted by Crippen LogP contribution is -2.28. The number of anilines is 1. The van der Waals surface area contributed by atoms with Gasteiger partial charge in [0, 0.05) is 30.4 Å². The van der Waals surface area contributed by atoms with E-state index in [1.165, 1.54) is 5.56 Å². The number of nitrogens with zero attached hydrogens (tertiary/aromatic N) is 1. The molecule has 4 heteroatoms. The predicted octanol–water partition coefficient (Wildman–Crippen LogP) is 4.74. The summed E-state index contributed by atoms with van der Waals surface area (Å²) < 4.78 is 0. The summed E-state index contributed by atoms with van der Waals surface area (Å²) in [6.45, 7) is 8.82. The Labute approximate surface area is 156 Å². The number of benzene rings is 2. The fraction of sp³-hybridized carbons (Fsp3) is 0.364. The van der Waals surface area contributed by atoms with Crippen LogP contribution in [0.15, 0.2) is 36.4 Å². The van der Waals surface area contributed by atoms with Crippen LogP contribution >= 0.6 is 0 Å². The molecule has 0 aromatic heterocycles. The van der Waals surface area contributed by atoms with Gasteiger partial charge >= 0.3 is 0 Å². The van der Waals surface area contributed by atoms with Gasteiger partial charge in [-0.25, -0.2) is 0 Å². The normalized spacial score (nSPS) is 10.5. The molecule has 0 saturated carbocycles. The number of aryl methyl sites for hydroxylation is 3. The highest BCUT2D eigenvalue weighted by molar-refractivity contribution is 6.06. The average molecular weight is 352 g/mol. The van der Waals surface area contributed by atoms with Crippen molar-refractivity contribution in [3.63, 3.8) is 0 Å². The van der Waals surface area contributed by atoms with Crippen LogP contribution in [0.25, 0.3) is 0 Å².